The molecule has 0 atom stereocenters. The number of carbonyl (C=O) groups excluding carboxylic acids is 1. The molecule has 26 heavy (non-hydrogen) atoms. The van der Waals surface area contributed by atoms with Gasteiger partial charge in [0.25, 0.3) is 0 Å². The number of nitrogens with one attached hydrogen (secondary N) is 2. The van der Waals surface area contributed by atoms with Gasteiger partial charge in [-0.05, 0) is 36.1 Å². The molecular formula is C20H26N2O3S. The van der Waals surface area contributed by atoms with E-state index in [1.54, 1.807) is 24.3 Å². The zero-order chi connectivity index (χ0) is 18.8. The molecule has 0 fully saturated rings. The van der Waals surface area contributed by atoms with Crippen LogP contribution < -0.4 is 10.0 Å². The van der Waals surface area contributed by atoms with E-state index in [2.05, 4.69) is 17.0 Å². The zero-order valence-electron chi connectivity index (χ0n) is 15.1. The van der Waals surface area contributed by atoms with Crippen LogP contribution in [0.15, 0.2) is 59.5 Å². The maximum Gasteiger partial charge on any atom is 0.240 e. The first-order chi connectivity index (χ1) is 12.5. The number of carbonyl (C=O) groups is 1. The Morgan fingerprint density at radius 1 is 0.962 bits per heavy atom. The molecule has 0 spiro atoms. The highest BCUT2D eigenvalue weighted by atomic mass is 32.2. The molecule has 6 heteroatoms. The lowest BCUT2D eigenvalue weighted by Gasteiger charge is -2.08. The predicted octanol–water partition coefficient (Wildman–Crippen LogP) is 3.01. The molecule has 0 heterocycles. The van der Waals surface area contributed by atoms with Gasteiger partial charge in [-0.15, -0.1) is 0 Å². The van der Waals surface area contributed by atoms with E-state index in [1.165, 1.54) is 0 Å². The number of sulfonamides is 1. The summed E-state index contributed by atoms with van der Waals surface area (Å²) < 4.78 is 27.3. The maximum atomic E-state index is 12.4. The van der Waals surface area contributed by atoms with Gasteiger partial charge < -0.3 is 5.32 Å². The highest BCUT2D eigenvalue weighted by Gasteiger charge is 2.13. The summed E-state index contributed by atoms with van der Waals surface area (Å²) in [7, 11) is -3.55. The van der Waals surface area contributed by atoms with Crippen LogP contribution in [0.2, 0.25) is 0 Å². The molecule has 0 aliphatic heterocycles. The van der Waals surface area contributed by atoms with E-state index in [-0.39, 0.29) is 17.3 Å². The third-order valence-corrected chi connectivity index (χ3v) is 5.45. The van der Waals surface area contributed by atoms with Crippen LogP contribution in [0.5, 0.6) is 0 Å². The average molecular weight is 375 g/mol. The van der Waals surface area contributed by atoms with Gasteiger partial charge in [-0.2, -0.15) is 0 Å². The van der Waals surface area contributed by atoms with Crippen molar-refractivity contribution >= 4 is 15.9 Å². The van der Waals surface area contributed by atoms with Crippen molar-refractivity contribution in [1.29, 1.82) is 0 Å². The molecule has 0 aromatic heterocycles. The van der Waals surface area contributed by atoms with Crippen LogP contribution in [0.25, 0.3) is 0 Å². The molecule has 0 radical (unpaired) electrons. The van der Waals surface area contributed by atoms with Crippen LogP contribution in [0.1, 0.15) is 37.3 Å². The maximum absolute atomic E-state index is 12.4. The van der Waals surface area contributed by atoms with Crippen LogP contribution in [0.4, 0.5) is 0 Å². The highest BCUT2D eigenvalue weighted by molar-refractivity contribution is 7.89. The fourth-order valence-corrected chi connectivity index (χ4v) is 3.46. The standard InChI is InChI=1S/C20H26N2O3S/c1-2-3-15-21-20(23)14-11-17-9-12-19(13-10-17)26(24,25)22-16-18-7-5-4-6-8-18/h4-10,12-13,22H,2-3,11,14-16H2,1H3,(H,21,23). The second-order valence-corrected chi connectivity index (χ2v) is 7.92. The quantitative estimate of drug-likeness (QED) is 0.628. The van der Waals surface area contributed by atoms with Crippen molar-refractivity contribution in [3.8, 4) is 0 Å². The highest BCUT2D eigenvalue weighted by Crippen LogP contribution is 2.12. The van der Waals surface area contributed by atoms with Crippen molar-refractivity contribution in [1.82, 2.24) is 10.0 Å². The molecule has 5 nitrogen and oxygen atoms in total. The summed E-state index contributed by atoms with van der Waals surface area (Å²) >= 11 is 0. The first-order valence-corrected chi connectivity index (χ1v) is 10.4. The Morgan fingerprint density at radius 3 is 2.31 bits per heavy atom. The van der Waals surface area contributed by atoms with Gasteiger partial charge in [-0.1, -0.05) is 55.8 Å². The minimum Gasteiger partial charge on any atom is -0.356 e. The molecule has 0 aliphatic rings. The summed E-state index contributed by atoms with van der Waals surface area (Å²) in [6, 6.07) is 16.1. The van der Waals surface area contributed by atoms with Gasteiger partial charge in [0.15, 0.2) is 0 Å². The fraction of sp³-hybridized carbons (Fsp3) is 0.350. The summed E-state index contributed by atoms with van der Waals surface area (Å²) in [4.78, 5) is 11.9. The molecule has 0 aliphatic carbocycles. The molecule has 2 rings (SSSR count). The van der Waals surface area contributed by atoms with Gasteiger partial charge in [-0.25, -0.2) is 13.1 Å². The summed E-state index contributed by atoms with van der Waals surface area (Å²) in [5.74, 6) is 0.0275. The normalized spacial score (nSPS) is 11.3. The lowest BCUT2D eigenvalue weighted by atomic mass is 10.1. The topological polar surface area (TPSA) is 75.3 Å². The Hall–Kier alpha value is -2.18. The second kappa shape index (κ2) is 10.1. The summed E-state index contributed by atoms with van der Waals surface area (Å²) in [6.45, 7) is 3.04. The fourth-order valence-electron chi connectivity index (χ4n) is 2.44. The van der Waals surface area contributed by atoms with Crippen LogP contribution in [0.3, 0.4) is 0 Å². The summed E-state index contributed by atoms with van der Waals surface area (Å²) in [5.41, 5.74) is 1.85. The van der Waals surface area contributed by atoms with E-state index in [9.17, 15) is 13.2 Å². The van der Waals surface area contributed by atoms with Gasteiger partial charge in [0, 0.05) is 19.5 Å². The monoisotopic (exact) mass is 374 g/mol. The second-order valence-electron chi connectivity index (χ2n) is 6.16. The molecule has 0 bridgehead atoms. The Morgan fingerprint density at radius 2 is 1.65 bits per heavy atom. The molecule has 2 aromatic rings. The van der Waals surface area contributed by atoms with Crippen molar-refractivity contribution in [2.75, 3.05) is 6.54 Å². The Bertz CT molecular complexity index is 788. The number of aryl methyl sites for hydroxylation is 1. The van der Waals surface area contributed by atoms with Crippen molar-refractivity contribution in [2.24, 2.45) is 0 Å². The SMILES string of the molecule is CCCCNC(=O)CCc1ccc(S(=O)(=O)NCc2ccccc2)cc1. The van der Waals surface area contributed by atoms with Gasteiger partial charge in [0.2, 0.25) is 15.9 Å². The largest absolute Gasteiger partial charge is 0.356 e. The van der Waals surface area contributed by atoms with E-state index in [0.717, 1.165) is 24.0 Å². The minimum absolute atomic E-state index is 0.0275. The van der Waals surface area contributed by atoms with Gasteiger partial charge >= 0.3 is 0 Å². The van der Waals surface area contributed by atoms with Crippen molar-refractivity contribution in [2.45, 2.75) is 44.0 Å². The molecular weight excluding hydrogens is 348 g/mol. The molecule has 2 aromatic carbocycles. The van der Waals surface area contributed by atoms with E-state index in [4.69, 9.17) is 0 Å². The summed E-state index contributed by atoms with van der Waals surface area (Å²) in [6.07, 6.45) is 3.03. The van der Waals surface area contributed by atoms with Crippen molar-refractivity contribution < 1.29 is 13.2 Å². The van der Waals surface area contributed by atoms with E-state index in [1.807, 2.05) is 30.3 Å². The minimum atomic E-state index is -3.55. The van der Waals surface area contributed by atoms with Crippen molar-refractivity contribution in [3.05, 3.63) is 65.7 Å². The average Bonchev–Trinajstić information content (AvgIpc) is 2.66. The lowest BCUT2D eigenvalue weighted by Crippen LogP contribution is -2.24. The van der Waals surface area contributed by atoms with Gasteiger partial charge in [0.1, 0.15) is 0 Å². The molecule has 0 unspecified atom stereocenters. The number of rotatable bonds is 10. The van der Waals surface area contributed by atoms with Crippen LogP contribution >= 0.6 is 0 Å². The Kier molecular flexibility index (Phi) is 7.81. The first kappa shape index (κ1) is 20.1. The lowest BCUT2D eigenvalue weighted by molar-refractivity contribution is -0.121. The molecule has 140 valence electrons. The third kappa shape index (κ3) is 6.61. The van der Waals surface area contributed by atoms with Crippen LogP contribution in [-0.2, 0) is 27.8 Å². The Labute approximate surface area is 155 Å². The van der Waals surface area contributed by atoms with E-state index in [0.29, 0.717) is 19.4 Å². The predicted molar refractivity (Wildman–Crippen MR) is 103 cm³/mol. The van der Waals surface area contributed by atoms with Crippen molar-refractivity contribution in [3.63, 3.8) is 0 Å². The van der Waals surface area contributed by atoms with E-state index >= 15 is 0 Å². The number of unbranched alkanes of at least 4 members (excludes halogenated alkanes) is 1. The number of benzene rings is 2. The summed E-state index contributed by atoms with van der Waals surface area (Å²) in [5, 5.41) is 2.88. The third-order valence-electron chi connectivity index (χ3n) is 4.04. The molecule has 0 saturated carbocycles. The molecule has 1 amide bonds. The number of hydrogen-bond donors (Lipinski definition) is 2. The van der Waals surface area contributed by atoms with E-state index < -0.39 is 10.0 Å². The molecule has 0 saturated heterocycles. The first-order valence-electron chi connectivity index (χ1n) is 8.90. The van der Waals surface area contributed by atoms with Gasteiger partial charge in [-0.3, -0.25) is 4.79 Å². The zero-order valence-corrected chi connectivity index (χ0v) is 15.9. The number of amides is 1. The molecule has 2 N–H and O–H groups in total. The smallest absolute Gasteiger partial charge is 0.240 e. The Balaban J connectivity index is 1.86. The van der Waals surface area contributed by atoms with Crippen LogP contribution in [-0.4, -0.2) is 20.9 Å². The number of hydrogen-bond acceptors (Lipinski definition) is 3. The van der Waals surface area contributed by atoms with Crippen LogP contribution in [0, 0.1) is 0 Å². The van der Waals surface area contributed by atoms with Gasteiger partial charge in [0.05, 0.1) is 4.90 Å².